The van der Waals surface area contributed by atoms with Crippen molar-refractivity contribution in [1.82, 2.24) is 0 Å². The molecule has 0 amide bonds. The van der Waals surface area contributed by atoms with Crippen LogP contribution >= 0.6 is 0 Å². The SMILES string of the molecule is CCO[Si](C)(OCC)OC(C)CC(C)N. The van der Waals surface area contributed by atoms with E-state index in [0.717, 1.165) is 6.42 Å². The summed E-state index contributed by atoms with van der Waals surface area (Å²) in [5.74, 6) is 0. The van der Waals surface area contributed by atoms with Crippen LogP contribution in [0.4, 0.5) is 0 Å². The minimum absolute atomic E-state index is 0.0831. The standard InChI is InChI=1S/C10H25NO3Si/c1-6-12-15(5,13-7-2)14-10(4)8-9(3)11/h9-10H,6-8,11H2,1-5H3. The van der Waals surface area contributed by atoms with E-state index in [2.05, 4.69) is 0 Å². The molecule has 0 aliphatic heterocycles. The van der Waals surface area contributed by atoms with Crippen molar-refractivity contribution in [1.29, 1.82) is 0 Å². The van der Waals surface area contributed by atoms with Crippen molar-refractivity contribution in [3.8, 4) is 0 Å². The lowest BCUT2D eigenvalue weighted by molar-refractivity contribution is 0.0400. The Morgan fingerprint density at radius 2 is 1.60 bits per heavy atom. The molecule has 0 heterocycles. The highest BCUT2D eigenvalue weighted by atomic mass is 28.4. The second-order valence-electron chi connectivity index (χ2n) is 3.87. The quantitative estimate of drug-likeness (QED) is 0.652. The van der Waals surface area contributed by atoms with Gasteiger partial charge in [0.1, 0.15) is 0 Å². The predicted octanol–water partition coefficient (Wildman–Crippen LogP) is 1.77. The molecule has 0 fully saturated rings. The van der Waals surface area contributed by atoms with Gasteiger partial charge in [-0.25, -0.2) is 0 Å². The summed E-state index contributed by atoms with van der Waals surface area (Å²) in [6, 6.07) is 0.140. The molecule has 0 rings (SSSR count). The minimum Gasteiger partial charge on any atom is -0.374 e. The molecule has 4 nitrogen and oxygen atoms in total. The van der Waals surface area contributed by atoms with Gasteiger partial charge in [-0.15, -0.1) is 0 Å². The maximum atomic E-state index is 5.84. The molecule has 0 aromatic rings. The Kier molecular flexibility index (Phi) is 7.38. The molecule has 0 saturated heterocycles. The molecule has 2 unspecified atom stereocenters. The molecule has 15 heavy (non-hydrogen) atoms. The molecule has 5 heteroatoms. The number of hydrogen-bond donors (Lipinski definition) is 1. The molecule has 0 bridgehead atoms. The van der Waals surface area contributed by atoms with Crippen LogP contribution < -0.4 is 5.73 Å². The summed E-state index contributed by atoms with van der Waals surface area (Å²) in [5, 5.41) is 0. The van der Waals surface area contributed by atoms with Gasteiger partial charge in [0.05, 0.1) is 0 Å². The van der Waals surface area contributed by atoms with Crippen LogP contribution in [0.2, 0.25) is 6.55 Å². The first-order chi connectivity index (χ1) is 6.93. The van der Waals surface area contributed by atoms with Gasteiger partial charge < -0.3 is 19.0 Å². The molecule has 2 N–H and O–H groups in total. The highest BCUT2D eigenvalue weighted by Crippen LogP contribution is 2.14. The van der Waals surface area contributed by atoms with Crippen LogP contribution in [0.3, 0.4) is 0 Å². The zero-order valence-electron chi connectivity index (χ0n) is 10.6. The summed E-state index contributed by atoms with van der Waals surface area (Å²) in [6.45, 7) is 11.0. The highest BCUT2D eigenvalue weighted by molar-refractivity contribution is 6.59. The number of hydrogen-bond acceptors (Lipinski definition) is 4. The fourth-order valence-corrected chi connectivity index (χ4v) is 3.67. The van der Waals surface area contributed by atoms with Gasteiger partial charge in [0.15, 0.2) is 0 Å². The Balaban J connectivity index is 4.14. The van der Waals surface area contributed by atoms with Crippen molar-refractivity contribution in [2.75, 3.05) is 13.2 Å². The van der Waals surface area contributed by atoms with E-state index in [1.807, 2.05) is 34.2 Å². The first kappa shape index (κ1) is 15.1. The highest BCUT2D eigenvalue weighted by Gasteiger charge is 2.35. The van der Waals surface area contributed by atoms with Crippen molar-refractivity contribution in [3.05, 3.63) is 0 Å². The summed E-state index contributed by atoms with van der Waals surface area (Å²) in [5.41, 5.74) is 5.71. The second-order valence-corrected chi connectivity index (χ2v) is 6.41. The molecule has 0 aromatic heterocycles. The maximum Gasteiger partial charge on any atom is 0.497 e. The van der Waals surface area contributed by atoms with Gasteiger partial charge in [-0.2, -0.15) is 0 Å². The normalized spacial score (nSPS) is 16.4. The van der Waals surface area contributed by atoms with Gasteiger partial charge in [-0.1, -0.05) is 0 Å². The Bertz CT molecular complexity index is 161. The van der Waals surface area contributed by atoms with Crippen molar-refractivity contribution < 1.29 is 13.3 Å². The smallest absolute Gasteiger partial charge is 0.374 e. The first-order valence-corrected chi connectivity index (χ1v) is 7.87. The van der Waals surface area contributed by atoms with Gasteiger partial charge >= 0.3 is 8.80 Å². The van der Waals surface area contributed by atoms with E-state index in [9.17, 15) is 0 Å². The van der Waals surface area contributed by atoms with Gasteiger partial charge in [0.2, 0.25) is 0 Å². The molecule has 0 aromatic carbocycles. The first-order valence-electron chi connectivity index (χ1n) is 5.64. The van der Waals surface area contributed by atoms with Crippen LogP contribution in [0.5, 0.6) is 0 Å². The Hall–Kier alpha value is 0.0569. The largest absolute Gasteiger partial charge is 0.497 e. The van der Waals surface area contributed by atoms with Crippen LogP contribution in [0.15, 0.2) is 0 Å². The fraction of sp³-hybridized carbons (Fsp3) is 1.00. The van der Waals surface area contributed by atoms with Gasteiger partial charge in [0.25, 0.3) is 0 Å². The fourth-order valence-electron chi connectivity index (χ4n) is 1.57. The van der Waals surface area contributed by atoms with Gasteiger partial charge in [0, 0.05) is 31.9 Å². The second kappa shape index (κ2) is 7.35. The third kappa shape index (κ3) is 7.02. The molecule has 0 spiro atoms. The molecule has 0 aliphatic carbocycles. The summed E-state index contributed by atoms with van der Waals surface area (Å²) in [6.07, 6.45) is 0.905. The van der Waals surface area contributed by atoms with Gasteiger partial charge in [-0.3, -0.25) is 0 Å². The Morgan fingerprint density at radius 1 is 1.13 bits per heavy atom. The Morgan fingerprint density at radius 3 is 1.93 bits per heavy atom. The molecular formula is C10H25NO3Si. The zero-order chi connectivity index (χ0) is 11.9. The number of nitrogens with two attached hydrogens (primary N) is 1. The summed E-state index contributed by atoms with van der Waals surface area (Å²) >= 11 is 0. The monoisotopic (exact) mass is 235 g/mol. The van der Waals surface area contributed by atoms with Crippen molar-refractivity contribution in [2.45, 2.75) is 52.8 Å². The van der Waals surface area contributed by atoms with E-state index < -0.39 is 8.80 Å². The maximum absolute atomic E-state index is 5.84. The van der Waals surface area contributed by atoms with Gasteiger partial charge in [-0.05, 0) is 34.1 Å². The van der Waals surface area contributed by atoms with E-state index in [1.54, 1.807) is 0 Å². The average Bonchev–Trinajstić information content (AvgIpc) is 2.01. The molecule has 2 atom stereocenters. The van der Waals surface area contributed by atoms with Crippen molar-refractivity contribution in [3.63, 3.8) is 0 Å². The lowest BCUT2D eigenvalue weighted by atomic mass is 10.2. The lowest BCUT2D eigenvalue weighted by Crippen LogP contribution is -2.45. The predicted molar refractivity (Wildman–Crippen MR) is 63.7 cm³/mol. The van der Waals surface area contributed by atoms with E-state index in [4.69, 9.17) is 19.0 Å². The van der Waals surface area contributed by atoms with Crippen molar-refractivity contribution in [2.24, 2.45) is 5.73 Å². The van der Waals surface area contributed by atoms with E-state index in [1.165, 1.54) is 0 Å². The zero-order valence-corrected chi connectivity index (χ0v) is 11.6. The van der Waals surface area contributed by atoms with Crippen molar-refractivity contribution >= 4 is 8.80 Å². The molecule has 0 radical (unpaired) electrons. The lowest BCUT2D eigenvalue weighted by Gasteiger charge is -2.29. The summed E-state index contributed by atoms with van der Waals surface area (Å²) in [7, 11) is -2.43. The molecule has 0 aliphatic rings. The van der Waals surface area contributed by atoms with E-state index >= 15 is 0 Å². The average molecular weight is 235 g/mol. The third-order valence-electron chi connectivity index (χ3n) is 1.93. The molecule has 0 saturated carbocycles. The summed E-state index contributed by atoms with van der Waals surface area (Å²) in [4.78, 5) is 0. The van der Waals surface area contributed by atoms with E-state index in [0.29, 0.717) is 13.2 Å². The Labute approximate surface area is 94.5 Å². The summed E-state index contributed by atoms with van der Waals surface area (Å²) < 4.78 is 17.0. The van der Waals surface area contributed by atoms with Crippen LogP contribution in [-0.2, 0) is 13.3 Å². The molecule has 92 valence electrons. The third-order valence-corrected chi connectivity index (χ3v) is 4.39. The topological polar surface area (TPSA) is 53.7 Å². The van der Waals surface area contributed by atoms with Crippen LogP contribution in [0, 0.1) is 0 Å². The number of rotatable bonds is 8. The van der Waals surface area contributed by atoms with Crippen LogP contribution in [0.1, 0.15) is 34.1 Å². The van der Waals surface area contributed by atoms with Crippen LogP contribution in [-0.4, -0.2) is 34.2 Å². The van der Waals surface area contributed by atoms with E-state index in [-0.39, 0.29) is 12.1 Å². The molecular weight excluding hydrogens is 210 g/mol. The minimum atomic E-state index is -2.43. The van der Waals surface area contributed by atoms with Crippen LogP contribution in [0.25, 0.3) is 0 Å².